The Morgan fingerprint density at radius 3 is 1.69 bits per heavy atom. The lowest BCUT2D eigenvalue weighted by Gasteiger charge is -2.33. The van der Waals surface area contributed by atoms with Crippen LogP contribution < -0.4 is 16.1 Å². The van der Waals surface area contributed by atoms with Crippen LogP contribution in [0.15, 0.2) is 144 Å². The van der Waals surface area contributed by atoms with Crippen molar-refractivity contribution in [3.05, 3.63) is 156 Å². The van der Waals surface area contributed by atoms with Gasteiger partial charge in [0.2, 0.25) is 0 Å². The fraction of sp³-hybridized carbons (Fsp3) is 0. The molecule has 4 aromatic carbocycles. The van der Waals surface area contributed by atoms with Crippen molar-refractivity contribution < 1.29 is 9.21 Å². The van der Waals surface area contributed by atoms with Crippen LogP contribution in [0.3, 0.4) is 0 Å². The van der Waals surface area contributed by atoms with Gasteiger partial charge >= 0.3 is 0 Å². The van der Waals surface area contributed by atoms with Gasteiger partial charge in [-0.25, -0.2) is 0 Å². The predicted molar refractivity (Wildman–Crippen MR) is 147 cm³/mol. The van der Waals surface area contributed by atoms with Crippen LogP contribution in [0, 0.1) is 0 Å². The molecule has 3 heteroatoms. The highest BCUT2D eigenvalue weighted by molar-refractivity contribution is 7.96. The number of hydrogen-bond acceptors (Lipinski definition) is 2. The highest BCUT2D eigenvalue weighted by Gasteiger charge is 2.40. The van der Waals surface area contributed by atoms with E-state index in [9.17, 15) is 4.79 Å². The SMILES string of the molecule is O=C(C1=P(c2ccccc2)(c2ccccc2)c2occc2C(c2ccccc2)=C1)c1ccccc1. The number of fused-ring (bicyclic) bond motifs is 1. The van der Waals surface area contributed by atoms with Crippen LogP contribution in [-0.2, 0) is 0 Å². The third-order valence-electron chi connectivity index (χ3n) is 6.52. The van der Waals surface area contributed by atoms with E-state index in [0.29, 0.717) is 5.56 Å². The lowest BCUT2D eigenvalue weighted by atomic mass is 9.97. The fourth-order valence-electron chi connectivity index (χ4n) is 4.96. The Hall–Kier alpha value is -4.13. The molecule has 0 bridgehead atoms. The molecule has 1 aliphatic heterocycles. The summed E-state index contributed by atoms with van der Waals surface area (Å²) < 4.78 is 6.38. The zero-order chi connectivity index (χ0) is 23.7. The first-order chi connectivity index (χ1) is 17.3. The lowest BCUT2D eigenvalue weighted by Crippen LogP contribution is -2.35. The molecule has 2 heterocycles. The molecule has 2 nitrogen and oxygen atoms in total. The first kappa shape index (κ1) is 21.4. The topological polar surface area (TPSA) is 30.2 Å². The summed E-state index contributed by atoms with van der Waals surface area (Å²) in [6, 6.07) is 42.6. The van der Waals surface area contributed by atoms with E-state index in [4.69, 9.17) is 4.42 Å². The summed E-state index contributed by atoms with van der Waals surface area (Å²) in [4.78, 5) is 14.4. The minimum absolute atomic E-state index is 0.0297. The number of carbonyl (C=O) groups excluding carboxylic acids is 1. The van der Waals surface area contributed by atoms with Gasteiger partial charge in [0.1, 0.15) is 5.50 Å². The van der Waals surface area contributed by atoms with Crippen molar-refractivity contribution in [1.82, 2.24) is 0 Å². The number of furan rings is 1. The van der Waals surface area contributed by atoms with Crippen molar-refractivity contribution in [2.45, 2.75) is 0 Å². The summed E-state index contributed by atoms with van der Waals surface area (Å²) in [5, 5.41) is 2.98. The van der Waals surface area contributed by atoms with Gasteiger partial charge in [-0.2, -0.15) is 0 Å². The maximum absolute atomic E-state index is 14.4. The third kappa shape index (κ3) is 3.46. The summed E-state index contributed by atoms with van der Waals surface area (Å²) in [5.74, 6) is 0.0297. The van der Waals surface area contributed by atoms with Crippen LogP contribution in [0.25, 0.3) is 5.57 Å². The van der Waals surface area contributed by atoms with E-state index < -0.39 is 6.89 Å². The molecule has 1 aliphatic rings. The van der Waals surface area contributed by atoms with Gasteiger partial charge in [-0.3, -0.25) is 4.79 Å². The smallest absolute Gasteiger partial charge is 0.194 e. The second-order valence-corrected chi connectivity index (χ2v) is 11.7. The average Bonchev–Trinajstić information content (AvgIpc) is 3.44. The molecule has 0 aliphatic carbocycles. The van der Waals surface area contributed by atoms with Crippen LogP contribution in [0.1, 0.15) is 21.5 Å². The van der Waals surface area contributed by atoms with E-state index in [-0.39, 0.29) is 5.78 Å². The second kappa shape index (κ2) is 8.91. The summed E-state index contributed by atoms with van der Waals surface area (Å²) >= 11 is 0. The molecule has 35 heavy (non-hydrogen) atoms. The molecular weight excluding hydrogens is 447 g/mol. The maximum Gasteiger partial charge on any atom is 0.194 e. The molecule has 1 aromatic heterocycles. The van der Waals surface area contributed by atoms with E-state index >= 15 is 0 Å². The van der Waals surface area contributed by atoms with Crippen molar-refractivity contribution in [1.29, 1.82) is 0 Å². The molecule has 0 spiro atoms. The molecule has 0 saturated carbocycles. The number of benzene rings is 4. The van der Waals surface area contributed by atoms with Crippen molar-refractivity contribution in [2.75, 3.05) is 0 Å². The van der Waals surface area contributed by atoms with Crippen LogP contribution in [0.4, 0.5) is 0 Å². The Balaban J connectivity index is 1.82. The minimum Gasteiger partial charge on any atom is -0.463 e. The van der Waals surface area contributed by atoms with E-state index in [2.05, 4.69) is 42.5 Å². The van der Waals surface area contributed by atoms with Crippen LogP contribution in [0.5, 0.6) is 0 Å². The summed E-state index contributed by atoms with van der Waals surface area (Å²) in [7, 11) is 0. The lowest BCUT2D eigenvalue weighted by molar-refractivity contribution is 0.106. The van der Waals surface area contributed by atoms with Gasteiger partial charge in [0.25, 0.3) is 0 Å². The molecule has 0 unspecified atom stereocenters. The monoisotopic (exact) mass is 470 g/mol. The average molecular weight is 471 g/mol. The molecular formula is C32H23O2P. The van der Waals surface area contributed by atoms with E-state index in [1.165, 1.54) is 0 Å². The van der Waals surface area contributed by atoms with E-state index in [1.807, 2.05) is 91.0 Å². The molecule has 5 aromatic rings. The van der Waals surface area contributed by atoms with Crippen LogP contribution >= 0.6 is 6.89 Å². The van der Waals surface area contributed by atoms with Crippen molar-refractivity contribution in [2.24, 2.45) is 0 Å². The van der Waals surface area contributed by atoms with E-state index in [1.54, 1.807) is 6.26 Å². The van der Waals surface area contributed by atoms with Gasteiger partial charge in [0, 0.05) is 23.3 Å². The minimum atomic E-state index is -2.60. The zero-order valence-electron chi connectivity index (χ0n) is 19.0. The number of ketones is 1. The number of allylic oxidation sites excluding steroid dienone is 1. The van der Waals surface area contributed by atoms with Gasteiger partial charge in [0.05, 0.1) is 6.26 Å². The van der Waals surface area contributed by atoms with Gasteiger partial charge in [-0.15, -0.1) is 0 Å². The standard InChI is InChI=1S/C32H23O2P/c33-31(25-15-7-2-8-16-25)30-23-29(24-13-5-1-6-14-24)28-21-22-34-32(28)35(30,26-17-9-3-10-18-26)27-19-11-4-12-20-27/h1-23H. The molecule has 0 N–H and O–H groups in total. The maximum atomic E-state index is 14.4. The first-order valence-electron chi connectivity index (χ1n) is 11.6. The molecule has 0 atom stereocenters. The largest absolute Gasteiger partial charge is 0.463 e. The molecule has 0 amide bonds. The van der Waals surface area contributed by atoms with Crippen molar-refractivity contribution in [3.8, 4) is 0 Å². The molecule has 6 rings (SSSR count). The normalized spacial score (nSPS) is 14.2. The highest BCUT2D eigenvalue weighted by atomic mass is 31.2. The summed E-state index contributed by atoms with van der Waals surface area (Å²) in [6.07, 6.45) is 3.88. The molecule has 0 fully saturated rings. The Labute approximate surface area is 205 Å². The number of rotatable bonds is 5. The van der Waals surface area contributed by atoms with Crippen LogP contribution in [-0.4, -0.2) is 11.1 Å². The Kier molecular flexibility index (Phi) is 5.45. The van der Waals surface area contributed by atoms with Gasteiger partial charge in [-0.05, 0) is 33.9 Å². The number of hydrogen-bond donors (Lipinski definition) is 0. The first-order valence-corrected chi connectivity index (χ1v) is 13.4. The number of carbonyl (C=O) groups is 1. The van der Waals surface area contributed by atoms with Gasteiger partial charge in [-0.1, -0.05) is 121 Å². The molecule has 168 valence electrons. The van der Waals surface area contributed by atoms with E-state index in [0.717, 1.165) is 38.1 Å². The van der Waals surface area contributed by atoms with Crippen molar-refractivity contribution >= 4 is 39.6 Å². The Morgan fingerprint density at radius 2 is 1.11 bits per heavy atom. The second-order valence-electron chi connectivity index (χ2n) is 8.49. The number of Topliss-reactive ketones (excluding diaryl/α,β-unsaturated/α-hetero) is 1. The Bertz CT molecular complexity index is 1540. The predicted octanol–water partition coefficient (Wildman–Crippen LogP) is 6.07. The zero-order valence-corrected chi connectivity index (χ0v) is 19.9. The highest BCUT2D eigenvalue weighted by Crippen LogP contribution is 2.52. The molecule has 0 saturated heterocycles. The Morgan fingerprint density at radius 1 is 0.600 bits per heavy atom. The fourth-order valence-corrected chi connectivity index (χ4v) is 9.28. The summed E-state index contributed by atoms with van der Waals surface area (Å²) in [5.41, 5.74) is 4.67. The quantitative estimate of drug-likeness (QED) is 0.230. The molecule has 0 radical (unpaired) electrons. The van der Waals surface area contributed by atoms with Gasteiger partial charge in [0.15, 0.2) is 5.78 Å². The summed E-state index contributed by atoms with van der Waals surface area (Å²) in [6.45, 7) is -2.60. The van der Waals surface area contributed by atoms with Crippen LogP contribution in [0.2, 0.25) is 0 Å². The van der Waals surface area contributed by atoms with Crippen molar-refractivity contribution in [3.63, 3.8) is 0 Å². The third-order valence-corrected chi connectivity index (χ3v) is 10.7. The van der Waals surface area contributed by atoms with Gasteiger partial charge < -0.3 is 4.42 Å².